The Morgan fingerprint density at radius 3 is 1.90 bits per heavy atom. The summed E-state index contributed by atoms with van der Waals surface area (Å²) in [6.07, 6.45) is 9.58. The molecule has 0 atom stereocenters. The molecule has 0 aliphatic heterocycles. The van der Waals surface area contributed by atoms with Crippen molar-refractivity contribution in [2.75, 3.05) is 0 Å². The molecule has 0 spiro atoms. The first-order valence-corrected chi connectivity index (χ1v) is 8.78. The monoisotopic (exact) mass is 282 g/mol. The van der Waals surface area contributed by atoms with Gasteiger partial charge in [-0.3, -0.25) is 4.79 Å². The lowest BCUT2D eigenvalue weighted by Crippen LogP contribution is -2.50. The molecule has 0 aromatic heterocycles. The van der Waals surface area contributed by atoms with E-state index in [1.54, 1.807) is 0 Å². The first-order chi connectivity index (χ1) is 10.2. The lowest BCUT2D eigenvalue weighted by Gasteiger charge is -2.56. The molecule has 4 aliphatic rings. The van der Waals surface area contributed by atoms with E-state index in [0.29, 0.717) is 12.2 Å². The van der Waals surface area contributed by atoms with Crippen molar-refractivity contribution in [3.8, 4) is 0 Å². The van der Waals surface area contributed by atoms with Crippen molar-refractivity contribution in [1.29, 1.82) is 0 Å². The van der Waals surface area contributed by atoms with Gasteiger partial charge >= 0.3 is 0 Å². The standard InChI is InChI=1S/C20H26O/c1-2-14-3-5-15(6-4-14)10-19(21)20-11-16-7-17(12-20)9-18(8-16)13-20/h3-6,16-18H,2,7-13H2,1H3. The third-order valence-corrected chi connectivity index (χ3v) is 6.43. The molecule has 0 unspecified atom stereocenters. The van der Waals surface area contributed by atoms with Gasteiger partial charge in [0.2, 0.25) is 0 Å². The maximum absolute atomic E-state index is 13.0. The molecule has 1 nitrogen and oxygen atoms in total. The highest BCUT2D eigenvalue weighted by Crippen LogP contribution is 2.60. The van der Waals surface area contributed by atoms with Crippen molar-refractivity contribution in [2.24, 2.45) is 23.2 Å². The second-order valence-electron chi connectivity index (χ2n) is 7.97. The van der Waals surface area contributed by atoms with Crippen molar-refractivity contribution < 1.29 is 4.79 Å². The molecule has 112 valence electrons. The Balaban J connectivity index is 1.51. The van der Waals surface area contributed by atoms with E-state index >= 15 is 0 Å². The lowest BCUT2D eigenvalue weighted by atomic mass is 9.48. The van der Waals surface area contributed by atoms with E-state index in [0.717, 1.165) is 24.2 Å². The quantitative estimate of drug-likeness (QED) is 0.790. The molecule has 4 saturated carbocycles. The van der Waals surface area contributed by atoms with Crippen molar-refractivity contribution in [3.05, 3.63) is 35.4 Å². The highest BCUT2D eigenvalue weighted by Gasteiger charge is 2.53. The third kappa shape index (κ3) is 2.35. The topological polar surface area (TPSA) is 17.1 Å². The van der Waals surface area contributed by atoms with Gasteiger partial charge < -0.3 is 0 Å². The fraction of sp³-hybridized carbons (Fsp3) is 0.650. The second-order valence-corrected chi connectivity index (χ2v) is 7.97. The maximum Gasteiger partial charge on any atom is 0.143 e. The van der Waals surface area contributed by atoms with Crippen molar-refractivity contribution in [2.45, 2.75) is 58.3 Å². The predicted molar refractivity (Wildman–Crippen MR) is 85.1 cm³/mol. The van der Waals surface area contributed by atoms with Gasteiger partial charge in [0.05, 0.1) is 0 Å². The molecule has 0 saturated heterocycles. The number of ketones is 1. The van der Waals surface area contributed by atoms with Crippen molar-refractivity contribution in [3.63, 3.8) is 0 Å². The summed E-state index contributed by atoms with van der Waals surface area (Å²) >= 11 is 0. The van der Waals surface area contributed by atoms with E-state index in [1.807, 2.05) is 0 Å². The normalized spacial score (nSPS) is 36.9. The molecule has 0 N–H and O–H groups in total. The van der Waals surface area contributed by atoms with Gasteiger partial charge in [0.25, 0.3) is 0 Å². The summed E-state index contributed by atoms with van der Waals surface area (Å²) in [6, 6.07) is 8.69. The third-order valence-electron chi connectivity index (χ3n) is 6.43. The molecule has 0 amide bonds. The summed E-state index contributed by atoms with van der Waals surface area (Å²) in [5.74, 6) is 3.14. The van der Waals surface area contributed by atoms with E-state index in [4.69, 9.17) is 0 Å². The van der Waals surface area contributed by atoms with Crippen molar-refractivity contribution >= 4 is 5.78 Å². The number of rotatable bonds is 4. The molecule has 0 radical (unpaired) electrons. The molecule has 1 aromatic carbocycles. The molecular weight excluding hydrogens is 256 g/mol. The largest absolute Gasteiger partial charge is 0.299 e. The van der Waals surface area contributed by atoms with E-state index in [-0.39, 0.29) is 5.41 Å². The number of hydrogen-bond donors (Lipinski definition) is 0. The summed E-state index contributed by atoms with van der Waals surface area (Å²) in [5.41, 5.74) is 2.65. The Kier molecular flexibility index (Phi) is 3.20. The summed E-state index contributed by atoms with van der Waals surface area (Å²) in [7, 11) is 0. The Morgan fingerprint density at radius 2 is 1.43 bits per heavy atom. The fourth-order valence-corrected chi connectivity index (χ4v) is 5.72. The number of Topliss-reactive ketones (excluding diaryl/α,β-unsaturated/α-hetero) is 1. The van der Waals surface area contributed by atoms with E-state index < -0.39 is 0 Å². The van der Waals surface area contributed by atoms with Crippen LogP contribution >= 0.6 is 0 Å². The van der Waals surface area contributed by atoms with Crippen LogP contribution in [0.25, 0.3) is 0 Å². The number of hydrogen-bond acceptors (Lipinski definition) is 1. The Morgan fingerprint density at radius 1 is 0.952 bits per heavy atom. The van der Waals surface area contributed by atoms with Crippen LogP contribution in [0.2, 0.25) is 0 Å². The minimum absolute atomic E-state index is 0.0676. The molecule has 4 aliphatic carbocycles. The molecule has 0 heterocycles. The number of carbonyl (C=O) groups excluding carboxylic acids is 1. The number of aryl methyl sites for hydroxylation is 1. The first kappa shape index (κ1) is 13.5. The zero-order valence-corrected chi connectivity index (χ0v) is 13.1. The number of carbonyl (C=O) groups is 1. The van der Waals surface area contributed by atoms with Gasteiger partial charge in [-0.05, 0) is 73.8 Å². The van der Waals surface area contributed by atoms with Crippen molar-refractivity contribution in [1.82, 2.24) is 0 Å². The van der Waals surface area contributed by atoms with Gasteiger partial charge in [-0.2, -0.15) is 0 Å². The Bertz CT molecular complexity index is 504. The fourth-order valence-electron chi connectivity index (χ4n) is 5.72. The summed E-state index contributed by atoms with van der Waals surface area (Å²) in [4.78, 5) is 13.0. The van der Waals surface area contributed by atoms with Crippen LogP contribution in [0.1, 0.15) is 56.6 Å². The molecule has 4 fully saturated rings. The van der Waals surface area contributed by atoms with Crippen LogP contribution in [0.5, 0.6) is 0 Å². The van der Waals surface area contributed by atoms with Gasteiger partial charge in [-0.25, -0.2) is 0 Å². The molecule has 21 heavy (non-hydrogen) atoms. The molecule has 1 heteroatoms. The van der Waals surface area contributed by atoms with Crippen LogP contribution in [0.4, 0.5) is 0 Å². The minimum Gasteiger partial charge on any atom is -0.299 e. The van der Waals surface area contributed by atoms with Crippen LogP contribution in [0.3, 0.4) is 0 Å². The second kappa shape index (κ2) is 4.97. The van der Waals surface area contributed by atoms with Gasteiger partial charge in [0, 0.05) is 11.8 Å². The lowest BCUT2D eigenvalue weighted by molar-refractivity contribution is -0.143. The van der Waals surface area contributed by atoms with Crippen LogP contribution in [0.15, 0.2) is 24.3 Å². The summed E-state index contributed by atoms with van der Waals surface area (Å²) in [5, 5.41) is 0. The van der Waals surface area contributed by atoms with E-state index in [9.17, 15) is 4.79 Å². The maximum atomic E-state index is 13.0. The SMILES string of the molecule is CCc1ccc(CC(=O)C23CC4CC(CC(C4)C2)C3)cc1. The average Bonchev–Trinajstić information content (AvgIpc) is 2.46. The first-order valence-electron chi connectivity index (χ1n) is 8.78. The van der Waals surface area contributed by atoms with E-state index in [2.05, 4.69) is 31.2 Å². The van der Waals surface area contributed by atoms with Gasteiger partial charge in [-0.1, -0.05) is 31.2 Å². The van der Waals surface area contributed by atoms with Crippen LogP contribution < -0.4 is 0 Å². The number of benzene rings is 1. The van der Waals surface area contributed by atoms with E-state index in [1.165, 1.54) is 49.7 Å². The zero-order valence-electron chi connectivity index (χ0n) is 13.1. The Labute approximate surface area is 128 Å². The average molecular weight is 282 g/mol. The van der Waals surface area contributed by atoms with Crippen LogP contribution in [0, 0.1) is 23.2 Å². The van der Waals surface area contributed by atoms with Gasteiger partial charge in [0.15, 0.2) is 0 Å². The minimum atomic E-state index is 0.0676. The van der Waals surface area contributed by atoms with Crippen LogP contribution in [-0.4, -0.2) is 5.78 Å². The summed E-state index contributed by atoms with van der Waals surface area (Å²) in [6.45, 7) is 2.18. The summed E-state index contributed by atoms with van der Waals surface area (Å²) < 4.78 is 0. The highest BCUT2D eigenvalue weighted by molar-refractivity contribution is 5.87. The smallest absolute Gasteiger partial charge is 0.143 e. The highest BCUT2D eigenvalue weighted by atomic mass is 16.1. The predicted octanol–water partition coefficient (Wildman–Crippen LogP) is 4.58. The zero-order chi connectivity index (χ0) is 14.4. The molecule has 4 bridgehead atoms. The Hall–Kier alpha value is -1.11. The molecular formula is C20H26O. The molecule has 1 aromatic rings. The van der Waals surface area contributed by atoms with Crippen LogP contribution in [-0.2, 0) is 17.6 Å². The molecule has 5 rings (SSSR count). The van der Waals surface area contributed by atoms with Gasteiger partial charge in [0.1, 0.15) is 5.78 Å². The van der Waals surface area contributed by atoms with Gasteiger partial charge in [-0.15, -0.1) is 0 Å².